The Hall–Kier alpha value is -2.64. The quantitative estimate of drug-likeness (QED) is 0.414. The molecule has 1 aromatic carbocycles. The predicted molar refractivity (Wildman–Crippen MR) is 97.3 cm³/mol. The van der Waals surface area contributed by atoms with Crippen molar-refractivity contribution in [1.29, 1.82) is 0 Å². The molecule has 7 nitrogen and oxygen atoms in total. The number of halogens is 1. The summed E-state index contributed by atoms with van der Waals surface area (Å²) in [4.78, 5) is 36.5. The molecule has 0 atom stereocenters. The molecule has 0 aliphatic carbocycles. The van der Waals surface area contributed by atoms with Crippen LogP contribution in [0, 0.1) is 11.2 Å². The number of aliphatic carboxylic acids is 2. The minimum atomic E-state index is -2.52. The molecule has 0 aliphatic rings. The highest BCUT2D eigenvalue weighted by atomic mass is 19.1. The van der Waals surface area contributed by atoms with Gasteiger partial charge >= 0.3 is 17.9 Å². The Bertz CT molecular complexity index is 788. The lowest BCUT2D eigenvalue weighted by molar-refractivity contribution is -0.164. The van der Waals surface area contributed by atoms with E-state index in [1.54, 1.807) is 20.8 Å². The molecule has 0 saturated carbocycles. The molecule has 1 aromatic rings. The Morgan fingerprint density at radius 1 is 1.04 bits per heavy atom. The highest BCUT2D eigenvalue weighted by Gasteiger charge is 2.59. The number of rotatable bonds is 4. The first kappa shape index (κ1) is 22.4. The molecule has 0 fully saturated rings. The summed E-state index contributed by atoms with van der Waals surface area (Å²) in [5.41, 5.74) is -0.0799. The molecular formula is C19H26FNO6. The maximum atomic E-state index is 15.1. The number of benzene rings is 1. The van der Waals surface area contributed by atoms with Crippen LogP contribution in [0.4, 0.5) is 10.1 Å². The zero-order chi connectivity index (χ0) is 21.5. The van der Waals surface area contributed by atoms with Gasteiger partial charge in [0.15, 0.2) is 5.41 Å². The highest BCUT2D eigenvalue weighted by Crippen LogP contribution is 2.48. The van der Waals surface area contributed by atoms with Crippen molar-refractivity contribution in [2.45, 2.75) is 52.4 Å². The van der Waals surface area contributed by atoms with Crippen LogP contribution in [0.15, 0.2) is 6.07 Å². The van der Waals surface area contributed by atoms with Crippen molar-refractivity contribution in [2.24, 2.45) is 5.41 Å². The second-order valence-electron chi connectivity index (χ2n) is 8.43. The lowest BCUT2D eigenvalue weighted by Crippen LogP contribution is -2.54. The number of ether oxygens (including phenoxy) is 1. The highest BCUT2D eigenvalue weighted by molar-refractivity contribution is 6.08. The van der Waals surface area contributed by atoms with Crippen molar-refractivity contribution in [3.05, 3.63) is 28.6 Å². The van der Waals surface area contributed by atoms with E-state index >= 15 is 4.39 Å². The van der Waals surface area contributed by atoms with E-state index in [-0.39, 0.29) is 16.8 Å². The van der Waals surface area contributed by atoms with E-state index < -0.39 is 45.5 Å². The minimum Gasteiger partial charge on any atom is -0.480 e. The Labute approximate surface area is 157 Å². The van der Waals surface area contributed by atoms with Gasteiger partial charge in [0.2, 0.25) is 0 Å². The van der Waals surface area contributed by atoms with E-state index in [4.69, 9.17) is 5.73 Å². The third-order valence-corrected chi connectivity index (χ3v) is 4.63. The van der Waals surface area contributed by atoms with Crippen LogP contribution in [0.3, 0.4) is 0 Å². The van der Waals surface area contributed by atoms with E-state index in [0.29, 0.717) is 0 Å². The number of anilines is 1. The van der Waals surface area contributed by atoms with Gasteiger partial charge in [-0.25, -0.2) is 9.18 Å². The molecule has 150 valence electrons. The molecule has 0 aliphatic heterocycles. The lowest BCUT2D eigenvalue weighted by Gasteiger charge is -2.39. The summed E-state index contributed by atoms with van der Waals surface area (Å²) in [5, 5.41) is 19.8. The van der Waals surface area contributed by atoms with Gasteiger partial charge in [-0.2, -0.15) is 0 Å². The number of nitrogens with two attached hydrogens (primary N) is 1. The van der Waals surface area contributed by atoms with Crippen molar-refractivity contribution in [3.63, 3.8) is 0 Å². The molecule has 4 N–H and O–H groups in total. The van der Waals surface area contributed by atoms with Gasteiger partial charge in [-0.3, -0.25) is 9.59 Å². The SMILES string of the molecule is COC(=O)c1cc(C(C(=O)O)(C(=O)O)C(C)(C)C)c(N)c(C(C)(C)C)c1F. The fourth-order valence-electron chi connectivity index (χ4n) is 3.34. The smallest absolute Gasteiger partial charge is 0.340 e. The van der Waals surface area contributed by atoms with Gasteiger partial charge in [-0.1, -0.05) is 41.5 Å². The van der Waals surface area contributed by atoms with Crippen LogP contribution in [0.2, 0.25) is 0 Å². The average molecular weight is 383 g/mol. The molecule has 0 heterocycles. The van der Waals surface area contributed by atoms with Gasteiger partial charge in [-0.15, -0.1) is 0 Å². The zero-order valence-electron chi connectivity index (χ0n) is 16.6. The molecule has 0 saturated heterocycles. The van der Waals surface area contributed by atoms with Crippen LogP contribution in [0.1, 0.15) is 63.0 Å². The first-order valence-electron chi connectivity index (χ1n) is 8.23. The summed E-state index contributed by atoms with van der Waals surface area (Å²) < 4.78 is 19.6. The number of carbonyl (C=O) groups excluding carboxylic acids is 1. The standard InChI is InChI=1S/C19H26FNO6/c1-17(2,3)11-12(20)9(14(22)27-7)8-10(13(11)21)19(15(23)24,16(25)26)18(4,5)6/h8H,21H2,1-7H3,(H,23,24)(H,25,26). The van der Waals surface area contributed by atoms with E-state index in [9.17, 15) is 24.6 Å². The first-order chi connectivity index (χ1) is 12.0. The molecule has 1 rings (SSSR count). The first-order valence-corrected chi connectivity index (χ1v) is 8.23. The summed E-state index contributed by atoms with van der Waals surface area (Å²) >= 11 is 0. The summed E-state index contributed by atoms with van der Waals surface area (Å²) in [6, 6.07) is 0.874. The van der Waals surface area contributed by atoms with Crippen molar-refractivity contribution in [2.75, 3.05) is 12.8 Å². The zero-order valence-corrected chi connectivity index (χ0v) is 16.6. The van der Waals surface area contributed by atoms with Crippen LogP contribution >= 0.6 is 0 Å². The third-order valence-electron chi connectivity index (χ3n) is 4.63. The van der Waals surface area contributed by atoms with E-state index in [2.05, 4.69) is 4.74 Å². The summed E-state index contributed by atoms with van der Waals surface area (Å²) in [6.07, 6.45) is 0. The number of carbonyl (C=O) groups is 3. The number of carboxylic acid groups (broad SMARTS) is 2. The van der Waals surface area contributed by atoms with Gasteiger partial charge in [0, 0.05) is 16.8 Å². The molecular weight excluding hydrogens is 357 g/mol. The topological polar surface area (TPSA) is 127 Å². The number of methoxy groups -OCH3 is 1. The molecule has 8 heteroatoms. The van der Waals surface area contributed by atoms with Crippen LogP contribution in [-0.2, 0) is 25.2 Å². The average Bonchev–Trinajstić information content (AvgIpc) is 2.45. The van der Waals surface area contributed by atoms with Gasteiger partial charge in [0.25, 0.3) is 0 Å². The molecule has 0 bridgehead atoms. The molecule has 27 heavy (non-hydrogen) atoms. The fourth-order valence-corrected chi connectivity index (χ4v) is 3.34. The Morgan fingerprint density at radius 3 is 1.78 bits per heavy atom. The molecule has 0 amide bonds. The number of carboxylic acids is 2. The van der Waals surface area contributed by atoms with E-state index in [1.165, 1.54) is 20.8 Å². The maximum absolute atomic E-state index is 15.1. The van der Waals surface area contributed by atoms with Crippen molar-refractivity contribution < 1.29 is 33.7 Å². The number of hydrogen-bond donors (Lipinski definition) is 3. The minimum absolute atomic E-state index is 0.142. The summed E-state index contributed by atoms with van der Waals surface area (Å²) in [7, 11) is 1.04. The van der Waals surface area contributed by atoms with Crippen LogP contribution in [-0.4, -0.2) is 35.2 Å². The normalized spacial score (nSPS) is 12.6. The lowest BCUT2D eigenvalue weighted by atomic mass is 9.61. The number of esters is 1. The maximum Gasteiger partial charge on any atom is 0.340 e. The molecule has 0 unspecified atom stereocenters. The third kappa shape index (κ3) is 3.36. The number of nitrogen functional groups attached to an aromatic ring is 1. The van der Waals surface area contributed by atoms with Crippen LogP contribution in [0.25, 0.3) is 0 Å². The fraction of sp³-hybridized carbons (Fsp3) is 0.526. The van der Waals surface area contributed by atoms with E-state index in [1.807, 2.05) is 0 Å². The summed E-state index contributed by atoms with van der Waals surface area (Å²) in [5.74, 6) is -5.36. The Morgan fingerprint density at radius 2 is 1.48 bits per heavy atom. The van der Waals surface area contributed by atoms with Gasteiger partial charge in [0.05, 0.1) is 12.7 Å². The van der Waals surface area contributed by atoms with Crippen LogP contribution in [0.5, 0.6) is 0 Å². The second kappa shape index (κ2) is 6.83. The van der Waals surface area contributed by atoms with Crippen molar-refractivity contribution in [1.82, 2.24) is 0 Å². The Kier molecular flexibility index (Phi) is 5.66. The Balaban J connectivity index is 4.28. The largest absolute Gasteiger partial charge is 0.480 e. The number of hydrogen-bond acceptors (Lipinski definition) is 5. The predicted octanol–water partition coefficient (Wildman–Crippen LogP) is 2.95. The van der Waals surface area contributed by atoms with Gasteiger partial charge < -0.3 is 20.7 Å². The van der Waals surface area contributed by atoms with Crippen molar-refractivity contribution in [3.8, 4) is 0 Å². The second-order valence-corrected chi connectivity index (χ2v) is 8.43. The molecule has 0 radical (unpaired) electrons. The summed E-state index contributed by atoms with van der Waals surface area (Å²) in [6.45, 7) is 9.12. The van der Waals surface area contributed by atoms with Gasteiger partial charge in [0.1, 0.15) is 5.82 Å². The van der Waals surface area contributed by atoms with E-state index in [0.717, 1.165) is 13.2 Å². The van der Waals surface area contributed by atoms with Gasteiger partial charge in [-0.05, 0) is 16.9 Å². The molecule has 0 spiro atoms. The van der Waals surface area contributed by atoms with Crippen LogP contribution < -0.4 is 5.73 Å². The molecule has 0 aromatic heterocycles. The van der Waals surface area contributed by atoms with Crippen molar-refractivity contribution >= 4 is 23.6 Å². The monoisotopic (exact) mass is 383 g/mol.